The number of rotatable bonds is 2. The maximum absolute atomic E-state index is 4.26. The monoisotopic (exact) mass is 155 g/mol. The van der Waals surface area contributed by atoms with Gasteiger partial charge >= 0.3 is 0 Å². The van der Waals surface area contributed by atoms with Gasteiger partial charge in [0, 0.05) is 17.5 Å². The summed E-state index contributed by atoms with van der Waals surface area (Å²) in [6.45, 7) is 6.68. The van der Waals surface area contributed by atoms with Crippen LogP contribution in [0.5, 0.6) is 0 Å². The summed E-state index contributed by atoms with van der Waals surface area (Å²) in [5, 5.41) is 3.30. The van der Waals surface area contributed by atoms with Gasteiger partial charge in [-0.25, -0.2) is 4.98 Å². The van der Waals surface area contributed by atoms with Gasteiger partial charge < -0.3 is 0 Å². The lowest BCUT2D eigenvalue weighted by atomic mass is 9.99. The summed E-state index contributed by atoms with van der Waals surface area (Å²) in [6.07, 6.45) is 1.87. The molecule has 0 spiro atoms. The van der Waals surface area contributed by atoms with E-state index in [0.717, 1.165) is 0 Å². The average molecular weight is 155 g/mol. The van der Waals surface area contributed by atoms with E-state index in [1.54, 1.807) is 11.3 Å². The van der Waals surface area contributed by atoms with Crippen LogP contribution in [-0.2, 0) is 0 Å². The van der Waals surface area contributed by atoms with Gasteiger partial charge in [-0.1, -0.05) is 20.8 Å². The van der Waals surface area contributed by atoms with Gasteiger partial charge in [0.25, 0.3) is 0 Å². The van der Waals surface area contributed by atoms with Crippen molar-refractivity contribution in [1.82, 2.24) is 4.98 Å². The highest BCUT2D eigenvalue weighted by Gasteiger charge is 2.11. The fourth-order valence-electron chi connectivity index (χ4n) is 0.745. The molecule has 0 aliphatic carbocycles. The molecule has 0 aliphatic heterocycles. The molecular formula is C8H13NS. The van der Waals surface area contributed by atoms with Crippen LogP contribution < -0.4 is 0 Å². The highest BCUT2D eigenvalue weighted by molar-refractivity contribution is 7.09. The Balaban J connectivity index is 2.68. The Morgan fingerprint density at radius 1 is 1.40 bits per heavy atom. The number of hydrogen-bond donors (Lipinski definition) is 0. The summed E-state index contributed by atoms with van der Waals surface area (Å²) in [6, 6.07) is 0. The first-order chi connectivity index (χ1) is 4.72. The van der Waals surface area contributed by atoms with E-state index in [-0.39, 0.29) is 0 Å². The molecule has 10 heavy (non-hydrogen) atoms. The van der Waals surface area contributed by atoms with E-state index in [0.29, 0.717) is 11.8 Å². The number of hydrogen-bond acceptors (Lipinski definition) is 2. The molecule has 1 aromatic rings. The second kappa shape index (κ2) is 3.15. The molecule has 0 aromatic carbocycles. The Hall–Kier alpha value is -0.370. The molecule has 1 aromatic heterocycles. The molecule has 0 saturated carbocycles. The number of thiazole rings is 1. The molecule has 0 radical (unpaired) electrons. The van der Waals surface area contributed by atoms with E-state index >= 15 is 0 Å². The third-order valence-corrected chi connectivity index (χ3v) is 2.82. The zero-order valence-corrected chi connectivity index (χ0v) is 7.48. The largest absolute Gasteiger partial charge is 0.249 e. The Morgan fingerprint density at radius 3 is 2.50 bits per heavy atom. The van der Waals surface area contributed by atoms with Gasteiger partial charge in [0.15, 0.2) is 0 Å². The minimum atomic E-state index is 0.611. The van der Waals surface area contributed by atoms with Crippen molar-refractivity contribution in [3.05, 3.63) is 16.6 Å². The van der Waals surface area contributed by atoms with Gasteiger partial charge in [-0.2, -0.15) is 0 Å². The minimum absolute atomic E-state index is 0.611. The van der Waals surface area contributed by atoms with E-state index in [1.807, 2.05) is 11.6 Å². The van der Waals surface area contributed by atoms with Crippen molar-refractivity contribution < 1.29 is 0 Å². The first kappa shape index (κ1) is 7.73. The van der Waals surface area contributed by atoms with E-state index in [9.17, 15) is 0 Å². The standard InChI is InChI=1S/C8H13NS/c1-6(2)7(3)8-9-4-5-10-8/h4-7H,1-3H3/t7-/m0/s1. The molecular weight excluding hydrogens is 142 g/mol. The molecule has 1 heterocycles. The Labute approximate surface area is 66.1 Å². The van der Waals surface area contributed by atoms with E-state index < -0.39 is 0 Å². The topological polar surface area (TPSA) is 12.9 Å². The maximum Gasteiger partial charge on any atom is 0.0955 e. The first-order valence-electron chi connectivity index (χ1n) is 3.61. The van der Waals surface area contributed by atoms with Crippen LogP contribution in [0, 0.1) is 5.92 Å². The fraction of sp³-hybridized carbons (Fsp3) is 0.625. The molecule has 1 atom stereocenters. The van der Waals surface area contributed by atoms with Crippen molar-refractivity contribution in [2.75, 3.05) is 0 Å². The zero-order valence-electron chi connectivity index (χ0n) is 6.66. The molecule has 1 rings (SSSR count). The second-order valence-electron chi connectivity index (χ2n) is 2.90. The van der Waals surface area contributed by atoms with Crippen molar-refractivity contribution in [3.8, 4) is 0 Å². The predicted octanol–water partition coefficient (Wildman–Crippen LogP) is 2.90. The summed E-state index contributed by atoms with van der Waals surface area (Å²) in [5.74, 6) is 1.31. The van der Waals surface area contributed by atoms with Gasteiger partial charge in [0.2, 0.25) is 0 Å². The normalized spacial score (nSPS) is 14.0. The van der Waals surface area contributed by atoms with Crippen molar-refractivity contribution in [2.24, 2.45) is 5.92 Å². The molecule has 2 heteroatoms. The lowest BCUT2D eigenvalue weighted by molar-refractivity contribution is 0.533. The van der Waals surface area contributed by atoms with Crippen LogP contribution in [0.1, 0.15) is 31.7 Å². The van der Waals surface area contributed by atoms with Crippen molar-refractivity contribution in [1.29, 1.82) is 0 Å². The van der Waals surface area contributed by atoms with Crippen molar-refractivity contribution in [3.63, 3.8) is 0 Å². The Morgan fingerprint density at radius 2 is 2.10 bits per heavy atom. The minimum Gasteiger partial charge on any atom is -0.249 e. The lowest BCUT2D eigenvalue weighted by Crippen LogP contribution is -2.00. The Bertz CT molecular complexity index is 179. The molecule has 0 unspecified atom stereocenters. The Kier molecular flexibility index (Phi) is 2.44. The quantitative estimate of drug-likeness (QED) is 0.640. The second-order valence-corrected chi connectivity index (χ2v) is 3.83. The van der Waals surface area contributed by atoms with E-state index in [1.165, 1.54) is 5.01 Å². The van der Waals surface area contributed by atoms with Crippen molar-refractivity contribution >= 4 is 11.3 Å². The van der Waals surface area contributed by atoms with Gasteiger partial charge in [-0.05, 0) is 5.92 Å². The van der Waals surface area contributed by atoms with Crippen LogP contribution in [0.4, 0.5) is 0 Å². The molecule has 56 valence electrons. The number of nitrogens with zero attached hydrogens (tertiary/aromatic N) is 1. The van der Waals surface area contributed by atoms with Gasteiger partial charge in [0.05, 0.1) is 5.01 Å². The van der Waals surface area contributed by atoms with Crippen LogP contribution in [0.3, 0.4) is 0 Å². The van der Waals surface area contributed by atoms with Gasteiger partial charge in [0.1, 0.15) is 0 Å². The summed E-state index contributed by atoms with van der Waals surface area (Å²) < 4.78 is 0. The molecule has 0 saturated heterocycles. The van der Waals surface area contributed by atoms with Gasteiger partial charge in [-0.15, -0.1) is 11.3 Å². The zero-order chi connectivity index (χ0) is 7.56. The summed E-state index contributed by atoms with van der Waals surface area (Å²) in [4.78, 5) is 4.26. The molecule has 0 N–H and O–H groups in total. The lowest BCUT2D eigenvalue weighted by Gasteiger charge is -2.10. The number of aromatic nitrogens is 1. The third kappa shape index (κ3) is 1.57. The van der Waals surface area contributed by atoms with Gasteiger partial charge in [-0.3, -0.25) is 0 Å². The summed E-state index contributed by atoms with van der Waals surface area (Å²) >= 11 is 1.75. The predicted molar refractivity (Wildman–Crippen MR) is 45.4 cm³/mol. The highest BCUT2D eigenvalue weighted by Crippen LogP contribution is 2.24. The average Bonchev–Trinajstić information content (AvgIpc) is 2.36. The molecule has 0 fully saturated rings. The molecule has 0 bridgehead atoms. The van der Waals surface area contributed by atoms with Crippen LogP contribution in [-0.4, -0.2) is 4.98 Å². The van der Waals surface area contributed by atoms with E-state index in [4.69, 9.17) is 0 Å². The summed E-state index contributed by atoms with van der Waals surface area (Å²) in [7, 11) is 0. The molecule has 0 aliphatic rings. The molecule has 0 amide bonds. The van der Waals surface area contributed by atoms with E-state index in [2.05, 4.69) is 25.8 Å². The molecule has 1 nitrogen and oxygen atoms in total. The first-order valence-corrected chi connectivity index (χ1v) is 4.49. The maximum atomic E-state index is 4.26. The van der Waals surface area contributed by atoms with Crippen LogP contribution >= 0.6 is 11.3 Å². The fourth-order valence-corrected chi connectivity index (χ4v) is 1.61. The SMILES string of the molecule is CC(C)[C@H](C)c1nccs1. The highest BCUT2D eigenvalue weighted by atomic mass is 32.1. The smallest absolute Gasteiger partial charge is 0.0955 e. The van der Waals surface area contributed by atoms with Crippen molar-refractivity contribution in [2.45, 2.75) is 26.7 Å². The van der Waals surface area contributed by atoms with Crippen LogP contribution in [0.15, 0.2) is 11.6 Å². The summed E-state index contributed by atoms with van der Waals surface area (Å²) in [5.41, 5.74) is 0. The van der Waals surface area contributed by atoms with Crippen LogP contribution in [0.25, 0.3) is 0 Å². The third-order valence-electron chi connectivity index (χ3n) is 1.84. The van der Waals surface area contributed by atoms with Crippen LogP contribution in [0.2, 0.25) is 0 Å².